The molecule has 3 amide bonds. The van der Waals surface area contributed by atoms with Gasteiger partial charge in [0.2, 0.25) is 6.10 Å². The molecule has 0 fully saturated rings. The summed E-state index contributed by atoms with van der Waals surface area (Å²) >= 11 is 3.32. The minimum Gasteiger partial charge on any atom is -0.447 e. The molecule has 0 saturated heterocycles. The molecule has 6 nitrogen and oxygen atoms in total. The molecule has 2 rings (SSSR count). The Labute approximate surface area is 153 Å². The fraction of sp³-hybridized carbons (Fsp3) is 0.167. The van der Waals surface area contributed by atoms with Crippen LogP contribution in [0.2, 0.25) is 0 Å². The van der Waals surface area contributed by atoms with Crippen molar-refractivity contribution in [2.24, 2.45) is 0 Å². The van der Waals surface area contributed by atoms with E-state index in [1.165, 1.54) is 7.05 Å². The maximum absolute atomic E-state index is 12.3. The molecule has 0 heterocycles. The quantitative estimate of drug-likeness (QED) is 0.750. The van der Waals surface area contributed by atoms with E-state index in [0.29, 0.717) is 5.56 Å². The summed E-state index contributed by atoms with van der Waals surface area (Å²) in [6, 6.07) is 15.1. The lowest BCUT2D eigenvalue weighted by atomic mass is 10.1. The molecule has 0 bridgehead atoms. The van der Waals surface area contributed by atoms with Gasteiger partial charge in [-0.3, -0.25) is 14.9 Å². The van der Waals surface area contributed by atoms with E-state index in [2.05, 4.69) is 26.6 Å². The summed E-state index contributed by atoms with van der Waals surface area (Å²) in [6.45, 7) is 0. The van der Waals surface area contributed by atoms with Gasteiger partial charge in [-0.05, 0) is 17.7 Å². The van der Waals surface area contributed by atoms with Crippen molar-refractivity contribution in [3.05, 3.63) is 70.2 Å². The van der Waals surface area contributed by atoms with Crippen LogP contribution in [0.1, 0.15) is 17.2 Å². The van der Waals surface area contributed by atoms with E-state index in [9.17, 15) is 14.4 Å². The Balaban J connectivity index is 2.12. The Morgan fingerprint density at radius 3 is 2.28 bits per heavy atom. The van der Waals surface area contributed by atoms with Crippen LogP contribution < -0.4 is 10.6 Å². The fourth-order valence-electron chi connectivity index (χ4n) is 2.08. The summed E-state index contributed by atoms with van der Waals surface area (Å²) in [5.41, 5.74) is 1.24. The van der Waals surface area contributed by atoms with Crippen LogP contribution in [0.3, 0.4) is 0 Å². The van der Waals surface area contributed by atoms with Gasteiger partial charge in [-0.15, -0.1) is 0 Å². The Morgan fingerprint density at radius 2 is 1.68 bits per heavy atom. The lowest BCUT2D eigenvalue weighted by Crippen LogP contribution is -2.41. The van der Waals surface area contributed by atoms with Crippen molar-refractivity contribution in [3.63, 3.8) is 0 Å². The van der Waals surface area contributed by atoms with Crippen LogP contribution in [0.15, 0.2) is 59.1 Å². The van der Waals surface area contributed by atoms with Crippen molar-refractivity contribution < 1.29 is 19.1 Å². The highest BCUT2D eigenvalue weighted by Gasteiger charge is 2.26. The molecule has 0 radical (unpaired) electrons. The van der Waals surface area contributed by atoms with Crippen molar-refractivity contribution in [1.82, 2.24) is 10.6 Å². The lowest BCUT2D eigenvalue weighted by Gasteiger charge is -2.17. The Hall–Kier alpha value is -2.67. The summed E-state index contributed by atoms with van der Waals surface area (Å²) < 4.78 is 6.23. The molecule has 0 aliphatic carbocycles. The number of rotatable bonds is 5. The van der Waals surface area contributed by atoms with Gasteiger partial charge >= 0.3 is 12.0 Å². The van der Waals surface area contributed by atoms with Crippen LogP contribution in [-0.4, -0.2) is 25.0 Å². The third-order valence-corrected chi connectivity index (χ3v) is 3.84. The second kappa shape index (κ2) is 8.98. The number of hydrogen-bond donors (Lipinski definition) is 2. The highest BCUT2D eigenvalue weighted by molar-refractivity contribution is 9.10. The first-order valence-electron chi connectivity index (χ1n) is 7.51. The van der Waals surface area contributed by atoms with Gasteiger partial charge < -0.3 is 10.1 Å². The topological polar surface area (TPSA) is 84.5 Å². The zero-order valence-corrected chi connectivity index (χ0v) is 15.1. The standard InChI is InChI=1S/C18H17BrN2O4/c1-20-18(24)21-17(23)16(13-5-3-2-4-6-13)25-15(22)11-12-7-9-14(19)10-8-12/h2-10,16H,11H2,1H3,(H2,20,21,23,24)/t16-/m1/s1. The average molecular weight is 405 g/mol. The van der Waals surface area contributed by atoms with Crippen molar-refractivity contribution >= 4 is 33.8 Å². The van der Waals surface area contributed by atoms with Gasteiger partial charge in [-0.25, -0.2) is 4.79 Å². The molecular weight excluding hydrogens is 388 g/mol. The first-order valence-corrected chi connectivity index (χ1v) is 8.30. The number of halogens is 1. The van der Waals surface area contributed by atoms with Crippen LogP contribution in [-0.2, 0) is 20.7 Å². The van der Waals surface area contributed by atoms with Crippen LogP contribution in [0.5, 0.6) is 0 Å². The molecule has 0 aliphatic rings. The Bertz CT molecular complexity index is 747. The van der Waals surface area contributed by atoms with Gasteiger partial charge in [-0.2, -0.15) is 0 Å². The summed E-state index contributed by atoms with van der Waals surface area (Å²) in [4.78, 5) is 35.9. The number of nitrogens with one attached hydrogen (secondary N) is 2. The fourth-order valence-corrected chi connectivity index (χ4v) is 2.35. The Morgan fingerprint density at radius 1 is 1.04 bits per heavy atom. The van der Waals surface area contributed by atoms with Gasteiger partial charge in [-0.1, -0.05) is 58.4 Å². The molecule has 2 N–H and O–H groups in total. The van der Waals surface area contributed by atoms with Crippen molar-refractivity contribution in [2.75, 3.05) is 7.05 Å². The third-order valence-electron chi connectivity index (χ3n) is 3.32. The van der Waals surface area contributed by atoms with Crippen LogP contribution in [0.4, 0.5) is 4.79 Å². The summed E-state index contributed by atoms with van der Waals surface area (Å²) in [7, 11) is 1.39. The van der Waals surface area contributed by atoms with E-state index in [1.54, 1.807) is 42.5 Å². The zero-order valence-electron chi connectivity index (χ0n) is 13.5. The predicted molar refractivity (Wildman–Crippen MR) is 95.7 cm³/mol. The maximum atomic E-state index is 12.3. The zero-order chi connectivity index (χ0) is 18.2. The van der Waals surface area contributed by atoms with E-state index < -0.39 is 24.0 Å². The normalized spacial score (nSPS) is 11.3. The number of imide groups is 1. The van der Waals surface area contributed by atoms with E-state index in [1.807, 2.05) is 12.1 Å². The molecule has 1 atom stereocenters. The van der Waals surface area contributed by atoms with Crippen molar-refractivity contribution in [1.29, 1.82) is 0 Å². The maximum Gasteiger partial charge on any atom is 0.321 e. The van der Waals surface area contributed by atoms with Gasteiger partial charge in [0, 0.05) is 17.1 Å². The van der Waals surface area contributed by atoms with E-state index in [0.717, 1.165) is 10.0 Å². The molecule has 25 heavy (non-hydrogen) atoms. The minimum atomic E-state index is -1.21. The molecule has 130 valence electrons. The number of amides is 3. The van der Waals surface area contributed by atoms with Crippen LogP contribution in [0, 0.1) is 0 Å². The van der Waals surface area contributed by atoms with Crippen molar-refractivity contribution in [3.8, 4) is 0 Å². The molecule has 0 aromatic heterocycles. The number of carbonyl (C=O) groups excluding carboxylic acids is 3. The number of hydrogen-bond acceptors (Lipinski definition) is 4. The van der Waals surface area contributed by atoms with Gasteiger partial charge in [0.1, 0.15) is 0 Å². The minimum absolute atomic E-state index is 0.0177. The smallest absolute Gasteiger partial charge is 0.321 e. The first-order chi connectivity index (χ1) is 12.0. The summed E-state index contributed by atoms with van der Waals surface area (Å²) in [5.74, 6) is -1.28. The number of benzene rings is 2. The largest absolute Gasteiger partial charge is 0.447 e. The predicted octanol–water partition coefficient (Wildman–Crippen LogP) is 2.73. The number of ether oxygens (including phenoxy) is 1. The molecule has 7 heteroatoms. The molecule has 0 unspecified atom stereocenters. The van der Waals surface area contributed by atoms with Gasteiger partial charge in [0.15, 0.2) is 0 Å². The second-order valence-corrected chi connectivity index (χ2v) is 6.07. The summed E-state index contributed by atoms with van der Waals surface area (Å²) in [6.07, 6.45) is -1.19. The summed E-state index contributed by atoms with van der Waals surface area (Å²) in [5, 5.41) is 4.42. The van der Waals surface area contributed by atoms with Crippen LogP contribution >= 0.6 is 15.9 Å². The third kappa shape index (κ3) is 5.72. The van der Waals surface area contributed by atoms with E-state index in [4.69, 9.17) is 4.74 Å². The number of esters is 1. The second-order valence-electron chi connectivity index (χ2n) is 5.15. The lowest BCUT2D eigenvalue weighted by molar-refractivity contribution is -0.155. The molecule has 2 aromatic carbocycles. The highest BCUT2D eigenvalue weighted by Crippen LogP contribution is 2.19. The van der Waals surface area contributed by atoms with Gasteiger partial charge in [0.25, 0.3) is 5.91 Å². The monoisotopic (exact) mass is 404 g/mol. The van der Waals surface area contributed by atoms with Crippen LogP contribution in [0.25, 0.3) is 0 Å². The molecule has 0 aliphatic heterocycles. The number of carbonyl (C=O) groups is 3. The van der Waals surface area contributed by atoms with E-state index in [-0.39, 0.29) is 6.42 Å². The molecular formula is C18H17BrN2O4. The molecule has 0 spiro atoms. The first kappa shape index (κ1) is 18.7. The van der Waals surface area contributed by atoms with E-state index >= 15 is 0 Å². The molecule has 2 aromatic rings. The number of urea groups is 1. The molecule has 0 saturated carbocycles. The SMILES string of the molecule is CNC(=O)NC(=O)[C@H](OC(=O)Cc1ccc(Br)cc1)c1ccccc1. The van der Waals surface area contributed by atoms with Crippen molar-refractivity contribution in [2.45, 2.75) is 12.5 Å². The average Bonchev–Trinajstić information content (AvgIpc) is 2.62. The van der Waals surface area contributed by atoms with Gasteiger partial charge in [0.05, 0.1) is 6.42 Å². The Kier molecular flexibility index (Phi) is 6.71. The highest BCUT2D eigenvalue weighted by atomic mass is 79.9.